The molecule has 1 aromatic rings. The molecule has 1 aliphatic carbocycles. The third kappa shape index (κ3) is 7.05. The number of hydrogen-bond donors (Lipinski definition) is 0. The lowest BCUT2D eigenvalue weighted by atomic mass is 9.92. The molecule has 158 valence electrons. The van der Waals surface area contributed by atoms with E-state index in [9.17, 15) is 19.2 Å². The fraction of sp³-hybridized carbons (Fsp3) is 0.273. The van der Waals surface area contributed by atoms with Gasteiger partial charge in [-0.3, -0.25) is 19.2 Å². The van der Waals surface area contributed by atoms with Crippen LogP contribution in [0.3, 0.4) is 0 Å². The lowest BCUT2D eigenvalue weighted by Crippen LogP contribution is -2.32. The molecule has 0 fully saturated rings. The van der Waals surface area contributed by atoms with E-state index < -0.39 is 29.5 Å². The van der Waals surface area contributed by atoms with E-state index in [0.29, 0.717) is 11.3 Å². The van der Waals surface area contributed by atoms with Crippen molar-refractivity contribution in [2.24, 2.45) is 0 Å². The van der Waals surface area contributed by atoms with E-state index in [1.807, 2.05) is 0 Å². The van der Waals surface area contributed by atoms with Gasteiger partial charge in [0.1, 0.15) is 17.3 Å². The van der Waals surface area contributed by atoms with Crippen molar-refractivity contribution >= 4 is 30.0 Å². The Morgan fingerprint density at radius 3 is 1.90 bits per heavy atom. The second-order valence-corrected chi connectivity index (χ2v) is 6.57. The molecule has 0 radical (unpaired) electrons. The van der Waals surface area contributed by atoms with Gasteiger partial charge in [-0.15, -0.1) is 0 Å². The van der Waals surface area contributed by atoms with E-state index in [0.717, 1.165) is 0 Å². The van der Waals surface area contributed by atoms with Gasteiger partial charge in [-0.1, -0.05) is 12.2 Å². The standard InChI is InChI=1S/C22H22O8/c1-14(23)27-19-6-5-8-22(13-19,30-17(4)26)9-7-18-10-20(28-15(2)24)12-21(11-18)29-16(3)25/h5-12H,13H2,1-4H3. The first-order valence-corrected chi connectivity index (χ1v) is 9.04. The van der Waals surface area contributed by atoms with Gasteiger partial charge in [0.05, 0.1) is 6.42 Å². The maximum atomic E-state index is 11.7. The fourth-order valence-electron chi connectivity index (χ4n) is 2.83. The number of benzene rings is 1. The van der Waals surface area contributed by atoms with Crippen molar-refractivity contribution in [3.05, 3.63) is 53.8 Å². The highest BCUT2D eigenvalue weighted by atomic mass is 16.6. The molecule has 1 aromatic carbocycles. The van der Waals surface area contributed by atoms with Crippen molar-refractivity contribution in [1.29, 1.82) is 0 Å². The van der Waals surface area contributed by atoms with Crippen LogP contribution in [0.15, 0.2) is 48.3 Å². The fourth-order valence-corrected chi connectivity index (χ4v) is 2.83. The zero-order valence-electron chi connectivity index (χ0n) is 17.1. The molecule has 1 unspecified atom stereocenters. The van der Waals surface area contributed by atoms with Crippen molar-refractivity contribution in [1.82, 2.24) is 0 Å². The van der Waals surface area contributed by atoms with E-state index in [4.69, 9.17) is 18.9 Å². The third-order valence-electron chi connectivity index (χ3n) is 3.70. The summed E-state index contributed by atoms with van der Waals surface area (Å²) in [6, 6.07) is 4.52. The summed E-state index contributed by atoms with van der Waals surface area (Å²) in [6.45, 7) is 5.05. The Morgan fingerprint density at radius 1 is 0.833 bits per heavy atom. The van der Waals surface area contributed by atoms with E-state index >= 15 is 0 Å². The molecule has 0 saturated carbocycles. The SMILES string of the molecule is CC(=O)OC1=CC=CC(C=Cc2cc(OC(C)=O)cc(OC(C)=O)c2)(OC(C)=O)C1. The summed E-state index contributed by atoms with van der Waals surface area (Å²) in [7, 11) is 0. The molecular formula is C22H22O8. The molecule has 0 amide bonds. The van der Waals surface area contributed by atoms with Crippen LogP contribution in [0.4, 0.5) is 0 Å². The normalized spacial score (nSPS) is 17.8. The highest BCUT2D eigenvalue weighted by Gasteiger charge is 2.32. The van der Waals surface area contributed by atoms with Crippen LogP contribution in [-0.2, 0) is 28.7 Å². The number of carbonyl (C=O) groups is 4. The number of allylic oxidation sites excluding steroid dienone is 2. The van der Waals surface area contributed by atoms with E-state index in [1.165, 1.54) is 33.8 Å². The highest BCUT2D eigenvalue weighted by Crippen LogP contribution is 2.31. The van der Waals surface area contributed by atoms with Crippen LogP contribution >= 0.6 is 0 Å². The van der Waals surface area contributed by atoms with Gasteiger partial charge in [0.15, 0.2) is 5.60 Å². The number of esters is 4. The molecule has 8 heteroatoms. The smallest absolute Gasteiger partial charge is 0.308 e. The summed E-state index contributed by atoms with van der Waals surface area (Å²) in [4.78, 5) is 45.6. The van der Waals surface area contributed by atoms with Gasteiger partial charge >= 0.3 is 23.9 Å². The Labute approximate surface area is 173 Å². The van der Waals surface area contributed by atoms with Crippen LogP contribution in [-0.4, -0.2) is 29.5 Å². The Kier molecular flexibility index (Phi) is 7.30. The maximum Gasteiger partial charge on any atom is 0.308 e. The molecule has 8 nitrogen and oxygen atoms in total. The monoisotopic (exact) mass is 414 g/mol. The van der Waals surface area contributed by atoms with Crippen LogP contribution in [0, 0.1) is 0 Å². The Balaban J connectivity index is 2.39. The van der Waals surface area contributed by atoms with Crippen molar-refractivity contribution in [3.63, 3.8) is 0 Å². The minimum absolute atomic E-state index is 0.111. The molecule has 0 aliphatic heterocycles. The van der Waals surface area contributed by atoms with Gasteiger partial charge in [0, 0.05) is 33.8 Å². The molecule has 2 rings (SSSR count). The van der Waals surface area contributed by atoms with E-state index in [1.54, 1.807) is 42.5 Å². The predicted molar refractivity (Wildman–Crippen MR) is 106 cm³/mol. The molecule has 0 bridgehead atoms. The van der Waals surface area contributed by atoms with Crippen LogP contribution in [0.1, 0.15) is 39.7 Å². The van der Waals surface area contributed by atoms with Gasteiger partial charge < -0.3 is 18.9 Å². The van der Waals surface area contributed by atoms with Crippen LogP contribution in [0.5, 0.6) is 11.5 Å². The summed E-state index contributed by atoms with van der Waals surface area (Å²) < 4.78 is 20.8. The first-order chi connectivity index (χ1) is 14.1. The van der Waals surface area contributed by atoms with Gasteiger partial charge in [0.2, 0.25) is 0 Å². The minimum Gasteiger partial charge on any atom is -0.450 e. The molecule has 0 spiro atoms. The average molecular weight is 414 g/mol. The molecule has 30 heavy (non-hydrogen) atoms. The largest absolute Gasteiger partial charge is 0.450 e. The highest BCUT2D eigenvalue weighted by molar-refractivity contribution is 5.73. The molecule has 0 N–H and O–H groups in total. The van der Waals surface area contributed by atoms with Gasteiger partial charge in [-0.25, -0.2) is 0 Å². The van der Waals surface area contributed by atoms with Gasteiger partial charge in [-0.05, 0) is 35.9 Å². The Hall–Kier alpha value is -3.68. The van der Waals surface area contributed by atoms with E-state index in [-0.39, 0.29) is 17.9 Å². The average Bonchev–Trinajstić information content (AvgIpc) is 2.58. The minimum atomic E-state index is -1.19. The number of carbonyl (C=O) groups excluding carboxylic acids is 4. The number of hydrogen-bond acceptors (Lipinski definition) is 8. The van der Waals surface area contributed by atoms with Crippen LogP contribution in [0.2, 0.25) is 0 Å². The second kappa shape index (κ2) is 9.69. The van der Waals surface area contributed by atoms with Crippen molar-refractivity contribution in [2.45, 2.75) is 39.7 Å². The lowest BCUT2D eigenvalue weighted by Gasteiger charge is -2.29. The van der Waals surface area contributed by atoms with Gasteiger partial charge in [-0.2, -0.15) is 0 Å². The molecular weight excluding hydrogens is 392 g/mol. The maximum absolute atomic E-state index is 11.7. The quantitative estimate of drug-likeness (QED) is 0.516. The molecule has 1 aliphatic rings. The predicted octanol–water partition coefficient (Wildman–Crippen LogP) is 3.26. The molecule has 1 atom stereocenters. The van der Waals surface area contributed by atoms with Crippen molar-refractivity contribution in [2.75, 3.05) is 0 Å². The first-order valence-electron chi connectivity index (χ1n) is 9.04. The van der Waals surface area contributed by atoms with Crippen molar-refractivity contribution < 1.29 is 38.1 Å². The van der Waals surface area contributed by atoms with Gasteiger partial charge in [0.25, 0.3) is 0 Å². The number of ether oxygens (including phenoxy) is 4. The topological polar surface area (TPSA) is 105 Å². The number of rotatable bonds is 6. The summed E-state index contributed by atoms with van der Waals surface area (Å²) in [5, 5.41) is 0. The zero-order chi connectivity index (χ0) is 22.3. The Morgan fingerprint density at radius 2 is 1.40 bits per heavy atom. The molecule has 0 saturated heterocycles. The third-order valence-corrected chi connectivity index (χ3v) is 3.70. The van der Waals surface area contributed by atoms with Crippen LogP contribution in [0.25, 0.3) is 6.08 Å². The molecule has 0 aromatic heterocycles. The summed E-state index contributed by atoms with van der Waals surface area (Å²) in [6.07, 6.45) is 8.21. The zero-order valence-corrected chi connectivity index (χ0v) is 17.1. The second-order valence-electron chi connectivity index (χ2n) is 6.57. The lowest BCUT2D eigenvalue weighted by molar-refractivity contribution is -0.149. The summed E-state index contributed by atoms with van der Waals surface area (Å²) in [5.74, 6) is -1.38. The molecule has 0 heterocycles. The van der Waals surface area contributed by atoms with Crippen LogP contribution < -0.4 is 9.47 Å². The Bertz CT molecular complexity index is 920. The summed E-state index contributed by atoms with van der Waals surface area (Å²) in [5.41, 5.74) is -0.668. The van der Waals surface area contributed by atoms with E-state index in [2.05, 4.69) is 0 Å². The van der Waals surface area contributed by atoms with Crippen molar-refractivity contribution in [3.8, 4) is 11.5 Å². The first kappa shape index (κ1) is 22.6. The summed E-state index contributed by atoms with van der Waals surface area (Å²) >= 11 is 0.